The Hall–Kier alpha value is -3.84. The molecule has 0 saturated heterocycles. The molecule has 0 radical (unpaired) electrons. The number of H-pyrrole nitrogens is 2. The van der Waals surface area contributed by atoms with E-state index in [2.05, 4.69) is 20.5 Å². The highest BCUT2D eigenvalue weighted by molar-refractivity contribution is 6.30. The van der Waals surface area contributed by atoms with Gasteiger partial charge in [0.25, 0.3) is 5.91 Å². The van der Waals surface area contributed by atoms with E-state index in [1.165, 1.54) is 0 Å². The molecule has 2 aromatic heterocycles. The van der Waals surface area contributed by atoms with Crippen LogP contribution in [0.1, 0.15) is 22.1 Å². The number of primary amides is 1. The number of rotatable bonds is 6. The van der Waals surface area contributed by atoms with E-state index in [0.717, 1.165) is 22.4 Å². The van der Waals surface area contributed by atoms with Crippen LogP contribution in [0.5, 0.6) is 0 Å². The van der Waals surface area contributed by atoms with E-state index >= 15 is 0 Å². The summed E-state index contributed by atoms with van der Waals surface area (Å²) in [5.74, 6) is -1.09. The standard InChI is InChI=1S/C22H18ClN5O2/c23-16-8-4-7-14(9-16)17-12-26-28-19(17)15-10-18(25-11-15)22(30)27-20(21(24)29)13-5-2-1-3-6-13/h1-12,20,25H,(H2,24,29)(H,26,28)(H,27,30)/t20-/m0/s1. The van der Waals surface area contributed by atoms with Crippen molar-refractivity contribution < 1.29 is 9.59 Å². The second-order valence-corrected chi connectivity index (χ2v) is 7.13. The molecule has 2 heterocycles. The molecule has 0 fully saturated rings. The van der Waals surface area contributed by atoms with E-state index < -0.39 is 17.9 Å². The summed E-state index contributed by atoms with van der Waals surface area (Å²) in [6, 6.07) is 17.0. The molecule has 0 unspecified atom stereocenters. The Morgan fingerprint density at radius 2 is 1.83 bits per heavy atom. The highest BCUT2D eigenvalue weighted by Crippen LogP contribution is 2.31. The van der Waals surface area contributed by atoms with Crippen LogP contribution in [0.4, 0.5) is 0 Å². The fourth-order valence-electron chi connectivity index (χ4n) is 3.22. The van der Waals surface area contributed by atoms with Crippen molar-refractivity contribution in [1.82, 2.24) is 20.5 Å². The van der Waals surface area contributed by atoms with Gasteiger partial charge in [0, 0.05) is 22.3 Å². The molecule has 7 nitrogen and oxygen atoms in total. The number of aromatic nitrogens is 3. The minimum atomic E-state index is -0.931. The highest BCUT2D eigenvalue weighted by Gasteiger charge is 2.22. The molecular formula is C22H18ClN5O2. The molecule has 5 N–H and O–H groups in total. The van der Waals surface area contributed by atoms with Crippen molar-refractivity contribution in [2.75, 3.05) is 0 Å². The minimum absolute atomic E-state index is 0.291. The summed E-state index contributed by atoms with van der Waals surface area (Å²) >= 11 is 6.10. The predicted octanol–water partition coefficient (Wildman–Crippen LogP) is 3.68. The average Bonchev–Trinajstić information content (AvgIpc) is 3.41. The van der Waals surface area contributed by atoms with Gasteiger partial charge in [0.1, 0.15) is 11.7 Å². The summed E-state index contributed by atoms with van der Waals surface area (Å²) in [5.41, 5.74) is 9.62. The molecule has 0 saturated carbocycles. The average molecular weight is 420 g/mol. The fraction of sp³-hybridized carbons (Fsp3) is 0.0455. The van der Waals surface area contributed by atoms with Gasteiger partial charge in [-0.15, -0.1) is 0 Å². The summed E-state index contributed by atoms with van der Waals surface area (Å²) in [6.45, 7) is 0. The number of nitrogens with two attached hydrogens (primary N) is 1. The number of carbonyl (C=O) groups excluding carboxylic acids is 2. The van der Waals surface area contributed by atoms with E-state index in [1.54, 1.807) is 48.8 Å². The third kappa shape index (κ3) is 3.97. The van der Waals surface area contributed by atoms with Gasteiger partial charge in [-0.2, -0.15) is 5.10 Å². The van der Waals surface area contributed by atoms with Crippen molar-refractivity contribution in [3.05, 3.63) is 89.3 Å². The van der Waals surface area contributed by atoms with E-state index in [0.29, 0.717) is 16.3 Å². The molecule has 0 bridgehead atoms. The molecule has 2 aromatic carbocycles. The number of carbonyl (C=O) groups is 2. The van der Waals surface area contributed by atoms with Crippen molar-refractivity contribution >= 4 is 23.4 Å². The Labute approximate surface area is 177 Å². The summed E-state index contributed by atoms with van der Waals surface area (Å²) in [6.07, 6.45) is 3.39. The van der Waals surface area contributed by atoms with Crippen molar-refractivity contribution in [3.8, 4) is 22.4 Å². The molecule has 150 valence electrons. The number of nitrogens with zero attached hydrogens (tertiary/aromatic N) is 1. The Morgan fingerprint density at radius 1 is 1.03 bits per heavy atom. The van der Waals surface area contributed by atoms with Crippen LogP contribution >= 0.6 is 11.6 Å². The first kappa shape index (κ1) is 19.5. The van der Waals surface area contributed by atoms with E-state index in [-0.39, 0.29) is 0 Å². The fourth-order valence-corrected chi connectivity index (χ4v) is 3.41. The zero-order chi connectivity index (χ0) is 21.1. The van der Waals surface area contributed by atoms with E-state index in [1.807, 2.05) is 24.3 Å². The van der Waals surface area contributed by atoms with Gasteiger partial charge in [0.15, 0.2) is 0 Å². The van der Waals surface area contributed by atoms with Crippen molar-refractivity contribution in [2.24, 2.45) is 5.73 Å². The Kier molecular flexibility index (Phi) is 5.36. The van der Waals surface area contributed by atoms with Gasteiger partial charge >= 0.3 is 0 Å². The lowest BCUT2D eigenvalue weighted by molar-refractivity contribution is -0.120. The van der Waals surface area contributed by atoms with E-state index in [9.17, 15) is 9.59 Å². The first-order chi connectivity index (χ1) is 14.5. The molecule has 0 aliphatic carbocycles. The van der Waals surface area contributed by atoms with Crippen LogP contribution in [0.25, 0.3) is 22.4 Å². The third-order valence-electron chi connectivity index (χ3n) is 4.68. The molecule has 2 amide bonds. The molecule has 4 rings (SSSR count). The SMILES string of the molecule is NC(=O)[C@@H](NC(=O)c1cc(-c2[nH]ncc2-c2cccc(Cl)c2)c[nH]1)c1ccccc1. The minimum Gasteiger partial charge on any atom is -0.368 e. The zero-order valence-electron chi connectivity index (χ0n) is 15.7. The van der Waals surface area contributed by atoms with Crippen molar-refractivity contribution in [3.63, 3.8) is 0 Å². The molecule has 0 aliphatic rings. The van der Waals surface area contributed by atoms with Gasteiger partial charge in [0.2, 0.25) is 5.91 Å². The number of nitrogens with one attached hydrogen (secondary N) is 3. The van der Waals surface area contributed by atoms with Gasteiger partial charge in [-0.3, -0.25) is 14.7 Å². The van der Waals surface area contributed by atoms with Gasteiger partial charge < -0.3 is 16.0 Å². The molecule has 0 spiro atoms. The first-order valence-corrected chi connectivity index (χ1v) is 9.54. The number of halogens is 1. The van der Waals surface area contributed by atoms with Crippen molar-refractivity contribution in [2.45, 2.75) is 6.04 Å². The quantitative estimate of drug-likeness (QED) is 0.382. The largest absolute Gasteiger partial charge is 0.368 e. The van der Waals surface area contributed by atoms with Crippen LogP contribution in [0, 0.1) is 0 Å². The normalized spacial score (nSPS) is 11.8. The zero-order valence-corrected chi connectivity index (χ0v) is 16.5. The second-order valence-electron chi connectivity index (χ2n) is 6.69. The number of benzene rings is 2. The lowest BCUT2D eigenvalue weighted by Gasteiger charge is -2.15. The maximum atomic E-state index is 12.7. The predicted molar refractivity (Wildman–Crippen MR) is 115 cm³/mol. The second kappa shape index (κ2) is 8.26. The summed E-state index contributed by atoms with van der Waals surface area (Å²) in [7, 11) is 0. The lowest BCUT2D eigenvalue weighted by atomic mass is 10.0. The summed E-state index contributed by atoms with van der Waals surface area (Å²) in [4.78, 5) is 27.5. The van der Waals surface area contributed by atoms with Crippen LogP contribution in [0.15, 0.2) is 73.1 Å². The highest BCUT2D eigenvalue weighted by atomic mass is 35.5. The van der Waals surface area contributed by atoms with Crippen LogP contribution < -0.4 is 11.1 Å². The first-order valence-electron chi connectivity index (χ1n) is 9.16. The number of hydrogen-bond donors (Lipinski definition) is 4. The number of aromatic amines is 2. The smallest absolute Gasteiger partial charge is 0.268 e. The molecular weight excluding hydrogens is 402 g/mol. The molecule has 8 heteroatoms. The molecule has 0 aliphatic heterocycles. The maximum Gasteiger partial charge on any atom is 0.268 e. The van der Waals surface area contributed by atoms with Crippen LogP contribution in [0.2, 0.25) is 5.02 Å². The molecule has 1 atom stereocenters. The van der Waals surface area contributed by atoms with Crippen LogP contribution in [-0.2, 0) is 4.79 Å². The molecule has 4 aromatic rings. The van der Waals surface area contributed by atoms with Gasteiger partial charge in [-0.1, -0.05) is 54.1 Å². The third-order valence-corrected chi connectivity index (χ3v) is 4.92. The van der Waals surface area contributed by atoms with Crippen LogP contribution in [-0.4, -0.2) is 27.0 Å². The van der Waals surface area contributed by atoms with Crippen LogP contribution in [0.3, 0.4) is 0 Å². The summed E-state index contributed by atoms with van der Waals surface area (Å²) in [5, 5.41) is 10.4. The lowest BCUT2D eigenvalue weighted by Crippen LogP contribution is -2.37. The monoisotopic (exact) mass is 419 g/mol. The number of hydrogen-bond acceptors (Lipinski definition) is 3. The van der Waals surface area contributed by atoms with E-state index in [4.69, 9.17) is 17.3 Å². The Bertz CT molecular complexity index is 1200. The van der Waals surface area contributed by atoms with Gasteiger partial charge in [0.05, 0.1) is 11.9 Å². The maximum absolute atomic E-state index is 12.7. The molecule has 30 heavy (non-hydrogen) atoms. The summed E-state index contributed by atoms with van der Waals surface area (Å²) < 4.78 is 0. The van der Waals surface area contributed by atoms with Crippen molar-refractivity contribution in [1.29, 1.82) is 0 Å². The van der Waals surface area contributed by atoms with Gasteiger partial charge in [-0.05, 0) is 29.3 Å². The topological polar surface area (TPSA) is 117 Å². The Balaban J connectivity index is 1.59. The number of amides is 2. The van der Waals surface area contributed by atoms with Gasteiger partial charge in [-0.25, -0.2) is 0 Å². The Morgan fingerprint density at radius 3 is 2.57 bits per heavy atom.